The van der Waals surface area contributed by atoms with Crippen LogP contribution in [0.25, 0.3) is 0 Å². The lowest BCUT2D eigenvalue weighted by Crippen LogP contribution is -2.48. The van der Waals surface area contributed by atoms with Crippen molar-refractivity contribution >= 4 is 43.2 Å². The highest BCUT2D eigenvalue weighted by molar-refractivity contribution is 7.92. The van der Waals surface area contributed by atoms with Gasteiger partial charge in [-0.15, -0.1) is 0 Å². The Morgan fingerprint density at radius 3 is 2.42 bits per heavy atom. The number of anilines is 1. The van der Waals surface area contributed by atoms with Crippen molar-refractivity contribution in [2.45, 2.75) is 63.2 Å². The quantitative estimate of drug-likeness (QED) is 0.436. The van der Waals surface area contributed by atoms with Crippen LogP contribution < -0.4 is 9.46 Å². The van der Waals surface area contributed by atoms with Gasteiger partial charge in [0.15, 0.2) is 0 Å². The lowest BCUT2D eigenvalue weighted by atomic mass is 10.0. The number of rotatable bonds is 8. The summed E-state index contributed by atoms with van der Waals surface area (Å²) in [7, 11) is -5.98. The maximum atomic E-state index is 14.1. The van der Waals surface area contributed by atoms with E-state index in [0.717, 1.165) is 12.7 Å². The zero-order chi connectivity index (χ0) is 31.9. The number of ether oxygens (including phenoxy) is 2. The summed E-state index contributed by atoms with van der Waals surface area (Å²) in [5.41, 5.74) is 0.344. The number of fused-ring (bicyclic) bond motifs is 1. The second-order valence-electron chi connectivity index (χ2n) is 11.1. The van der Waals surface area contributed by atoms with Crippen molar-refractivity contribution in [1.82, 2.24) is 9.21 Å². The lowest BCUT2D eigenvalue weighted by Gasteiger charge is -2.35. The fourth-order valence-electron chi connectivity index (χ4n) is 4.80. The summed E-state index contributed by atoms with van der Waals surface area (Å²) >= 11 is 5.95. The van der Waals surface area contributed by atoms with Crippen LogP contribution in [0, 0.1) is 5.92 Å². The number of sulfonamides is 2. The monoisotopic (exact) mass is 659 g/mol. The summed E-state index contributed by atoms with van der Waals surface area (Å²) in [6, 6.07) is 9.84. The predicted octanol–water partition coefficient (Wildman–Crippen LogP) is 3.83. The Labute approximate surface area is 260 Å². The zero-order valence-electron chi connectivity index (χ0n) is 25.2. The summed E-state index contributed by atoms with van der Waals surface area (Å²) in [4.78, 5) is 15.7. The van der Waals surface area contributed by atoms with Gasteiger partial charge in [-0.05, 0) is 75.6 Å². The van der Waals surface area contributed by atoms with Gasteiger partial charge in [0.05, 0.1) is 41.6 Å². The summed E-state index contributed by atoms with van der Waals surface area (Å²) < 4.78 is 66.5. The van der Waals surface area contributed by atoms with Crippen LogP contribution in [0.2, 0.25) is 5.02 Å². The molecule has 0 radical (unpaired) electrons. The number of nitrogens with zero attached hydrogens (tertiary/aromatic N) is 2. The second kappa shape index (κ2) is 15.0. The van der Waals surface area contributed by atoms with E-state index in [1.165, 1.54) is 52.7 Å². The molecule has 1 heterocycles. The van der Waals surface area contributed by atoms with E-state index in [1.54, 1.807) is 13.0 Å². The van der Waals surface area contributed by atoms with Gasteiger partial charge in [0.25, 0.3) is 5.91 Å². The van der Waals surface area contributed by atoms with E-state index in [1.807, 2.05) is 13.8 Å². The van der Waals surface area contributed by atoms with Crippen LogP contribution in [0.4, 0.5) is 5.69 Å². The fourth-order valence-corrected chi connectivity index (χ4v) is 6.66. The molecule has 14 heteroatoms. The number of carbonyl (C=O) groups is 1. The van der Waals surface area contributed by atoms with Crippen molar-refractivity contribution in [3.63, 3.8) is 0 Å². The number of hydrogen-bond acceptors (Lipinski definition) is 8. The number of likely N-dealkylation sites (N-methyl/N-ethyl adjacent to an activating group) is 1. The van der Waals surface area contributed by atoms with E-state index < -0.39 is 38.1 Å². The Hall–Kier alpha value is -2.42. The molecule has 240 valence electrons. The number of aliphatic hydroxyl groups excluding tert-OH is 1. The van der Waals surface area contributed by atoms with Crippen LogP contribution >= 0.6 is 11.6 Å². The number of hydrogen-bond donors (Lipinski definition) is 2. The highest BCUT2D eigenvalue weighted by Gasteiger charge is 2.32. The molecule has 1 aliphatic heterocycles. The highest BCUT2D eigenvalue weighted by atomic mass is 35.5. The molecule has 11 nitrogen and oxygen atoms in total. The van der Waals surface area contributed by atoms with Crippen molar-refractivity contribution < 1.29 is 36.2 Å². The summed E-state index contributed by atoms with van der Waals surface area (Å²) in [6.07, 6.45) is 2.34. The minimum atomic E-state index is -3.85. The Morgan fingerprint density at radius 1 is 1.12 bits per heavy atom. The van der Waals surface area contributed by atoms with Gasteiger partial charge in [-0.3, -0.25) is 9.52 Å². The first-order valence-corrected chi connectivity index (χ1v) is 17.9. The van der Waals surface area contributed by atoms with Crippen molar-refractivity contribution in [2.75, 3.05) is 44.3 Å². The molecule has 0 saturated heterocycles. The van der Waals surface area contributed by atoms with Gasteiger partial charge in [0.1, 0.15) is 5.75 Å². The number of amides is 1. The topological polar surface area (TPSA) is 143 Å². The third kappa shape index (κ3) is 9.79. The fraction of sp³-hybridized carbons (Fsp3) is 0.552. The van der Waals surface area contributed by atoms with Crippen LogP contribution in [-0.4, -0.2) is 94.9 Å². The molecule has 4 atom stereocenters. The van der Waals surface area contributed by atoms with Crippen LogP contribution in [-0.2, 0) is 24.8 Å². The molecule has 0 fully saturated rings. The number of nitrogens with one attached hydrogen (secondary N) is 1. The van der Waals surface area contributed by atoms with Crippen LogP contribution in [0.1, 0.15) is 50.4 Å². The standard InChI is InChI=1S/C29H42ClN3O8S2/c1-20-17-33(21(2)19-34)29(35)26-16-24(31-42(5,36)37)11-14-27(26)41-22(3)8-6-7-15-40-28(20)18-32(4)43(38,39)25-12-9-23(30)10-13-25/h9-14,16,20-22,28,31,34H,6-8,15,17-19H2,1-5H3/t20-,21+,22-,28-/m1/s1. The van der Waals surface area contributed by atoms with Crippen molar-refractivity contribution in [2.24, 2.45) is 5.92 Å². The van der Waals surface area contributed by atoms with E-state index >= 15 is 0 Å². The third-order valence-electron chi connectivity index (χ3n) is 7.31. The molecule has 0 bridgehead atoms. The van der Waals surface area contributed by atoms with E-state index in [0.29, 0.717) is 30.2 Å². The Morgan fingerprint density at radius 2 is 1.79 bits per heavy atom. The first-order valence-electron chi connectivity index (χ1n) is 14.2. The summed E-state index contributed by atoms with van der Waals surface area (Å²) in [5, 5.41) is 10.5. The SMILES string of the molecule is C[C@@H]1CCCCO[C@H](CN(C)S(=O)(=O)c2ccc(Cl)cc2)[C@H](C)CN([C@@H](C)CO)C(=O)c2cc(NS(C)(=O)=O)ccc2O1. The average molecular weight is 660 g/mol. The highest BCUT2D eigenvalue weighted by Crippen LogP contribution is 2.29. The van der Waals surface area contributed by atoms with Gasteiger partial charge in [-0.1, -0.05) is 18.5 Å². The van der Waals surface area contributed by atoms with E-state index in [4.69, 9.17) is 21.1 Å². The van der Waals surface area contributed by atoms with Gasteiger partial charge in [0, 0.05) is 43.4 Å². The molecule has 2 aromatic rings. The third-order valence-corrected chi connectivity index (χ3v) is 10.0. The number of halogens is 1. The molecule has 1 amide bonds. The normalized spacial score (nSPS) is 21.9. The van der Waals surface area contributed by atoms with Crippen molar-refractivity contribution in [3.05, 3.63) is 53.1 Å². The molecule has 0 aliphatic carbocycles. The first-order chi connectivity index (χ1) is 20.1. The lowest BCUT2D eigenvalue weighted by molar-refractivity contribution is -0.00833. The van der Waals surface area contributed by atoms with Gasteiger partial charge < -0.3 is 19.5 Å². The van der Waals surface area contributed by atoms with Crippen molar-refractivity contribution in [1.29, 1.82) is 0 Å². The number of aliphatic hydroxyl groups is 1. The molecule has 0 aromatic heterocycles. The maximum absolute atomic E-state index is 14.1. The average Bonchev–Trinajstić information content (AvgIpc) is 2.93. The summed E-state index contributed by atoms with van der Waals surface area (Å²) in [5.74, 6) is -0.520. The van der Waals surface area contributed by atoms with E-state index in [2.05, 4.69) is 4.72 Å². The molecule has 0 saturated carbocycles. The molecule has 1 aliphatic rings. The molecule has 0 spiro atoms. The molecular formula is C29H42ClN3O8S2. The maximum Gasteiger partial charge on any atom is 0.258 e. The smallest absolute Gasteiger partial charge is 0.258 e. The van der Waals surface area contributed by atoms with Crippen LogP contribution in [0.3, 0.4) is 0 Å². The minimum absolute atomic E-state index is 0.0280. The van der Waals surface area contributed by atoms with E-state index in [9.17, 15) is 26.7 Å². The minimum Gasteiger partial charge on any atom is -0.490 e. The van der Waals surface area contributed by atoms with Crippen LogP contribution in [0.5, 0.6) is 5.75 Å². The summed E-state index contributed by atoms with van der Waals surface area (Å²) in [6.45, 7) is 5.66. The number of benzene rings is 2. The second-order valence-corrected chi connectivity index (χ2v) is 15.4. The van der Waals surface area contributed by atoms with Gasteiger partial charge in [-0.25, -0.2) is 16.8 Å². The molecule has 43 heavy (non-hydrogen) atoms. The van der Waals surface area contributed by atoms with Gasteiger partial charge in [-0.2, -0.15) is 4.31 Å². The van der Waals surface area contributed by atoms with Gasteiger partial charge >= 0.3 is 0 Å². The molecular weight excluding hydrogens is 618 g/mol. The van der Waals surface area contributed by atoms with E-state index in [-0.39, 0.29) is 47.9 Å². The molecule has 3 rings (SSSR count). The van der Waals surface area contributed by atoms with Crippen molar-refractivity contribution in [3.8, 4) is 5.75 Å². The zero-order valence-corrected chi connectivity index (χ0v) is 27.6. The Bertz CT molecular complexity index is 1450. The number of carbonyl (C=O) groups excluding carboxylic acids is 1. The largest absolute Gasteiger partial charge is 0.490 e. The Balaban J connectivity index is 1.98. The predicted molar refractivity (Wildman–Crippen MR) is 167 cm³/mol. The molecule has 0 unspecified atom stereocenters. The first kappa shape index (κ1) is 35.1. The Kier molecular flexibility index (Phi) is 12.3. The molecule has 2 N–H and O–H groups in total. The van der Waals surface area contributed by atoms with Gasteiger partial charge in [0.2, 0.25) is 20.0 Å². The van der Waals surface area contributed by atoms with Crippen LogP contribution in [0.15, 0.2) is 47.4 Å². The molecule has 2 aromatic carbocycles.